The van der Waals surface area contributed by atoms with Crippen LogP contribution in [0, 0.1) is 6.92 Å². The quantitative estimate of drug-likeness (QED) is 0.430. The van der Waals surface area contributed by atoms with Crippen LogP contribution in [0.25, 0.3) is 11.0 Å². The zero-order chi connectivity index (χ0) is 22.8. The summed E-state index contributed by atoms with van der Waals surface area (Å²) in [6, 6.07) is 8.06. The van der Waals surface area contributed by atoms with Crippen LogP contribution < -0.4 is 10.5 Å². The van der Waals surface area contributed by atoms with Crippen LogP contribution in [0.4, 0.5) is 5.69 Å². The van der Waals surface area contributed by atoms with Gasteiger partial charge in [0.15, 0.2) is 5.16 Å². The van der Waals surface area contributed by atoms with Crippen LogP contribution in [0.2, 0.25) is 10.0 Å². The van der Waals surface area contributed by atoms with Crippen LogP contribution in [-0.2, 0) is 21.4 Å². The van der Waals surface area contributed by atoms with Crippen molar-refractivity contribution in [3.8, 4) is 0 Å². The van der Waals surface area contributed by atoms with Gasteiger partial charge in [0.2, 0.25) is 15.9 Å². The lowest BCUT2D eigenvalue weighted by molar-refractivity contribution is -0.113. The van der Waals surface area contributed by atoms with E-state index in [1.165, 1.54) is 23.9 Å². The van der Waals surface area contributed by atoms with Crippen LogP contribution in [0.3, 0.4) is 0 Å². The van der Waals surface area contributed by atoms with Gasteiger partial charge >= 0.3 is 0 Å². The van der Waals surface area contributed by atoms with Gasteiger partial charge in [0, 0.05) is 6.54 Å². The number of hydrogen-bond donors (Lipinski definition) is 2. The SMILES string of the molecule is CCCCn1c(SCC(=O)Nc2c(Cl)ccc(C)c2Cl)nc2cc(S(N)(=O)=O)ccc21. The second kappa shape index (κ2) is 9.79. The number of benzene rings is 2. The minimum Gasteiger partial charge on any atom is -0.323 e. The van der Waals surface area contributed by atoms with Gasteiger partial charge in [-0.15, -0.1) is 0 Å². The zero-order valence-electron chi connectivity index (χ0n) is 17.0. The lowest BCUT2D eigenvalue weighted by atomic mass is 10.2. The third kappa shape index (κ3) is 5.53. The Balaban J connectivity index is 1.84. The summed E-state index contributed by atoms with van der Waals surface area (Å²) in [7, 11) is -3.83. The van der Waals surface area contributed by atoms with E-state index in [1.807, 2.05) is 11.5 Å². The molecule has 0 atom stereocenters. The lowest BCUT2D eigenvalue weighted by Crippen LogP contribution is -2.15. The third-order valence-electron chi connectivity index (χ3n) is 4.63. The minimum absolute atomic E-state index is 0.00170. The number of imidazole rings is 1. The maximum atomic E-state index is 12.5. The normalized spacial score (nSPS) is 11.8. The smallest absolute Gasteiger partial charge is 0.238 e. The van der Waals surface area contributed by atoms with E-state index in [0.29, 0.717) is 33.0 Å². The summed E-state index contributed by atoms with van der Waals surface area (Å²) >= 11 is 13.7. The van der Waals surface area contributed by atoms with E-state index in [-0.39, 0.29) is 16.6 Å². The zero-order valence-corrected chi connectivity index (χ0v) is 20.1. The topological polar surface area (TPSA) is 107 Å². The number of amides is 1. The maximum Gasteiger partial charge on any atom is 0.238 e. The molecule has 3 N–H and O–H groups in total. The van der Waals surface area contributed by atoms with E-state index in [9.17, 15) is 13.2 Å². The highest BCUT2D eigenvalue weighted by Gasteiger charge is 2.17. The summed E-state index contributed by atoms with van der Waals surface area (Å²) in [5.74, 6) is -0.198. The first-order valence-electron chi connectivity index (χ1n) is 9.52. The molecule has 7 nitrogen and oxygen atoms in total. The van der Waals surface area contributed by atoms with Crippen molar-refractivity contribution >= 4 is 67.6 Å². The summed E-state index contributed by atoms with van der Waals surface area (Å²) in [6.07, 6.45) is 1.89. The molecule has 11 heteroatoms. The number of carbonyl (C=O) groups is 1. The largest absolute Gasteiger partial charge is 0.323 e. The number of nitrogens with zero attached hydrogens (tertiary/aromatic N) is 2. The van der Waals surface area contributed by atoms with Crippen molar-refractivity contribution < 1.29 is 13.2 Å². The van der Waals surface area contributed by atoms with Gasteiger partial charge in [-0.2, -0.15) is 0 Å². The molecule has 0 aliphatic rings. The number of anilines is 1. The van der Waals surface area contributed by atoms with Crippen molar-refractivity contribution in [1.82, 2.24) is 9.55 Å². The number of thioether (sulfide) groups is 1. The fourth-order valence-corrected chi connectivity index (χ4v) is 4.82. The van der Waals surface area contributed by atoms with E-state index in [4.69, 9.17) is 28.3 Å². The number of aromatic nitrogens is 2. The van der Waals surface area contributed by atoms with Gasteiger partial charge in [-0.25, -0.2) is 18.5 Å². The highest BCUT2D eigenvalue weighted by Crippen LogP contribution is 2.33. The summed E-state index contributed by atoms with van der Waals surface area (Å²) < 4.78 is 25.3. The number of rotatable bonds is 8. The number of carbonyl (C=O) groups excluding carboxylic acids is 1. The molecule has 0 unspecified atom stereocenters. The molecular weight excluding hydrogens is 479 g/mol. The van der Waals surface area contributed by atoms with Crippen molar-refractivity contribution in [2.75, 3.05) is 11.1 Å². The molecule has 0 spiro atoms. The Morgan fingerprint density at radius 3 is 2.68 bits per heavy atom. The van der Waals surface area contributed by atoms with Crippen molar-refractivity contribution in [1.29, 1.82) is 0 Å². The van der Waals surface area contributed by atoms with Crippen LogP contribution in [0.15, 0.2) is 40.4 Å². The Labute approximate surface area is 195 Å². The number of nitrogens with two attached hydrogens (primary N) is 1. The summed E-state index contributed by atoms with van der Waals surface area (Å²) in [4.78, 5) is 17.1. The Kier molecular flexibility index (Phi) is 7.54. The summed E-state index contributed by atoms with van der Waals surface area (Å²) in [6.45, 7) is 4.60. The van der Waals surface area contributed by atoms with Gasteiger partial charge in [0.25, 0.3) is 0 Å². The standard InChI is InChI=1S/C20H22Cl2N4O3S2/c1-3-4-9-26-16-8-6-13(31(23,28)29)10-15(16)24-20(26)30-11-17(27)25-19-14(21)7-5-12(2)18(19)22/h5-8,10H,3-4,9,11H2,1-2H3,(H,25,27)(H2,23,28,29). The average Bonchev–Trinajstić information content (AvgIpc) is 3.07. The molecule has 2 aromatic carbocycles. The molecule has 3 rings (SSSR count). The molecule has 1 aromatic heterocycles. The van der Waals surface area contributed by atoms with E-state index in [0.717, 1.165) is 23.9 Å². The first-order chi connectivity index (χ1) is 14.6. The van der Waals surface area contributed by atoms with Gasteiger partial charge in [0.1, 0.15) is 0 Å². The molecule has 1 heterocycles. The van der Waals surface area contributed by atoms with Gasteiger partial charge in [0.05, 0.1) is 37.4 Å². The molecule has 1 amide bonds. The molecule has 31 heavy (non-hydrogen) atoms. The molecule has 166 valence electrons. The molecule has 0 bridgehead atoms. The summed E-state index contributed by atoms with van der Waals surface area (Å²) in [5, 5.41) is 9.37. The number of hydrogen-bond acceptors (Lipinski definition) is 5. The Bertz CT molecular complexity index is 1240. The number of sulfonamides is 1. The van der Waals surface area contributed by atoms with Crippen molar-refractivity contribution in [3.05, 3.63) is 45.9 Å². The van der Waals surface area contributed by atoms with Crippen molar-refractivity contribution in [2.24, 2.45) is 5.14 Å². The Morgan fingerprint density at radius 1 is 1.26 bits per heavy atom. The van der Waals surface area contributed by atoms with Crippen molar-refractivity contribution in [2.45, 2.75) is 43.3 Å². The second-order valence-electron chi connectivity index (χ2n) is 6.99. The van der Waals surface area contributed by atoms with Gasteiger partial charge < -0.3 is 9.88 Å². The molecule has 0 saturated carbocycles. The summed E-state index contributed by atoms with van der Waals surface area (Å²) in [5.41, 5.74) is 2.48. The number of aryl methyl sites for hydroxylation is 2. The number of primary sulfonamides is 1. The lowest BCUT2D eigenvalue weighted by Gasteiger charge is -2.11. The van der Waals surface area contributed by atoms with Gasteiger partial charge in [-0.3, -0.25) is 4.79 Å². The first-order valence-corrected chi connectivity index (χ1v) is 12.8. The molecule has 0 fully saturated rings. The number of nitrogens with one attached hydrogen (secondary N) is 1. The van der Waals surface area contributed by atoms with E-state index in [2.05, 4.69) is 17.2 Å². The Morgan fingerprint density at radius 2 is 2.00 bits per heavy atom. The molecule has 0 aliphatic carbocycles. The number of halogens is 2. The molecule has 0 aliphatic heterocycles. The predicted octanol–water partition coefficient (Wildman–Crippen LogP) is 4.83. The van der Waals surface area contributed by atoms with Crippen LogP contribution >= 0.6 is 35.0 Å². The highest BCUT2D eigenvalue weighted by atomic mass is 35.5. The second-order valence-corrected chi connectivity index (χ2v) is 10.3. The fraction of sp³-hybridized carbons (Fsp3) is 0.300. The first kappa shape index (κ1) is 23.9. The highest BCUT2D eigenvalue weighted by molar-refractivity contribution is 7.99. The van der Waals surface area contributed by atoms with Gasteiger partial charge in [-0.1, -0.05) is 54.4 Å². The van der Waals surface area contributed by atoms with E-state index < -0.39 is 10.0 Å². The monoisotopic (exact) mass is 500 g/mol. The average molecular weight is 501 g/mol. The third-order valence-corrected chi connectivity index (χ3v) is 7.32. The number of unbranched alkanes of at least 4 members (excludes halogenated alkanes) is 1. The minimum atomic E-state index is -3.83. The fourth-order valence-electron chi connectivity index (χ4n) is 2.98. The maximum absolute atomic E-state index is 12.5. The Hall–Kier alpha value is -1.78. The molecule has 3 aromatic rings. The van der Waals surface area contributed by atoms with Crippen LogP contribution in [0.1, 0.15) is 25.3 Å². The molecule has 0 radical (unpaired) electrons. The van der Waals surface area contributed by atoms with E-state index >= 15 is 0 Å². The van der Waals surface area contributed by atoms with Crippen LogP contribution in [-0.4, -0.2) is 29.6 Å². The predicted molar refractivity (Wildman–Crippen MR) is 127 cm³/mol. The van der Waals surface area contributed by atoms with Crippen LogP contribution in [0.5, 0.6) is 0 Å². The molecular formula is C20H22Cl2N4O3S2. The van der Waals surface area contributed by atoms with Gasteiger partial charge in [-0.05, 0) is 43.2 Å². The van der Waals surface area contributed by atoms with E-state index in [1.54, 1.807) is 18.2 Å². The molecule has 0 saturated heterocycles. The van der Waals surface area contributed by atoms with Crippen molar-refractivity contribution in [3.63, 3.8) is 0 Å². The number of fused-ring (bicyclic) bond motifs is 1.